The Morgan fingerprint density at radius 2 is 2.00 bits per heavy atom. The van der Waals surface area contributed by atoms with Gasteiger partial charge >= 0.3 is 5.97 Å². The lowest BCUT2D eigenvalue weighted by Gasteiger charge is -2.14. The van der Waals surface area contributed by atoms with E-state index >= 15 is 0 Å². The van der Waals surface area contributed by atoms with Crippen LogP contribution in [0.5, 0.6) is 11.5 Å². The van der Waals surface area contributed by atoms with Crippen LogP contribution < -0.4 is 9.47 Å². The molecule has 1 aromatic carbocycles. The Balaban J connectivity index is 2.05. The molecule has 8 heteroatoms. The summed E-state index contributed by atoms with van der Waals surface area (Å²) in [6.07, 6.45) is 0. The van der Waals surface area contributed by atoms with Gasteiger partial charge in [-0.2, -0.15) is 5.26 Å². The van der Waals surface area contributed by atoms with Crippen molar-refractivity contribution in [3.63, 3.8) is 0 Å². The summed E-state index contributed by atoms with van der Waals surface area (Å²) in [6, 6.07) is 6.64. The number of esters is 1. The second-order valence-corrected chi connectivity index (χ2v) is 7.62. The number of Topliss-reactive ketones (excluding diaryl/α,β-unsaturated/α-hetero) is 1. The first kappa shape index (κ1) is 22.4. The minimum atomic E-state index is -1.05. The van der Waals surface area contributed by atoms with E-state index in [1.54, 1.807) is 24.4 Å². The van der Waals surface area contributed by atoms with Crippen LogP contribution in [-0.4, -0.2) is 36.6 Å². The number of ether oxygens (including phenoxy) is 3. The average Bonchev–Trinajstić information content (AvgIpc) is 3.11. The number of nitriles is 1. The van der Waals surface area contributed by atoms with Gasteiger partial charge in [-0.3, -0.25) is 4.79 Å². The van der Waals surface area contributed by atoms with E-state index in [9.17, 15) is 14.9 Å². The van der Waals surface area contributed by atoms with Gasteiger partial charge in [0.1, 0.15) is 5.01 Å². The molecule has 1 atom stereocenters. The second kappa shape index (κ2) is 10.6. The summed E-state index contributed by atoms with van der Waals surface area (Å²) >= 11 is 1.23. The zero-order valence-corrected chi connectivity index (χ0v) is 17.7. The number of ketones is 1. The van der Waals surface area contributed by atoms with Crippen LogP contribution in [0.1, 0.15) is 47.7 Å². The highest BCUT2D eigenvalue weighted by atomic mass is 32.1. The zero-order chi connectivity index (χ0) is 21.4. The van der Waals surface area contributed by atoms with Crippen molar-refractivity contribution in [1.29, 1.82) is 5.26 Å². The van der Waals surface area contributed by atoms with E-state index in [0.717, 1.165) is 5.69 Å². The highest BCUT2D eigenvalue weighted by molar-refractivity contribution is 7.09. The number of nitrogens with zero attached hydrogens (tertiary/aromatic N) is 2. The third-order valence-corrected chi connectivity index (χ3v) is 4.76. The first-order valence-electron chi connectivity index (χ1n) is 9.26. The van der Waals surface area contributed by atoms with Crippen molar-refractivity contribution in [3.8, 4) is 17.6 Å². The molecule has 1 aromatic heterocycles. The van der Waals surface area contributed by atoms with Crippen LogP contribution in [0.2, 0.25) is 0 Å². The maximum atomic E-state index is 12.4. The predicted molar refractivity (Wildman–Crippen MR) is 108 cm³/mol. The van der Waals surface area contributed by atoms with Gasteiger partial charge in [-0.15, -0.1) is 11.3 Å². The summed E-state index contributed by atoms with van der Waals surface area (Å²) in [5.41, 5.74) is 0.968. The lowest BCUT2D eigenvalue weighted by atomic mass is 10.1. The van der Waals surface area contributed by atoms with Crippen LogP contribution in [0.15, 0.2) is 23.6 Å². The fraction of sp³-hybridized carbons (Fsp3) is 0.429. The number of benzene rings is 1. The van der Waals surface area contributed by atoms with Gasteiger partial charge in [0.2, 0.25) is 0 Å². The molecule has 1 heterocycles. The molecule has 0 unspecified atom stereocenters. The SMILES string of the molecule is CCOc1cc(C(=O)OCC(=O)[C@H](C#N)c2nc(C)cs2)ccc1OCC(C)C. The van der Waals surface area contributed by atoms with Gasteiger partial charge in [0.15, 0.2) is 29.8 Å². The van der Waals surface area contributed by atoms with Crippen LogP contribution in [0, 0.1) is 24.2 Å². The molecule has 0 bridgehead atoms. The van der Waals surface area contributed by atoms with Gasteiger partial charge in [-0.05, 0) is 38.0 Å². The molecule has 0 radical (unpaired) electrons. The van der Waals surface area contributed by atoms with E-state index in [1.165, 1.54) is 17.4 Å². The number of rotatable bonds is 10. The number of hydrogen-bond donors (Lipinski definition) is 0. The van der Waals surface area contributed by atoms with E-state index in [1.807, 2.05) is 26.8 Å². The quantitative estimate of drug-likeness (QED) is 0.541. The number of aromatic nitrogens is 1. The molecule has 29 heavy (non-hydrogen) atoms. The molecular weight excluding hydrogens is 392 g/mol. The third-order valence-electron chi connectivity index (χ3n) is 3.73. The normalized spacial score (nSPS) is 11.6. The Labute approximate surface area is 174 Å². The highest BCUT2D eigenvalue weighted by Gasteiger charge is 2.25. The number of carbonyl (C=O) groups is 2. The molecule has 0 N–H and O–H groups in total. The molecule has 0 aliphatic carbocycles. The summed E-state index contributed by atoms with van der Waals surface area (Å²) in [7, 11) is 0. The predicted octanol–water partition coefficient (Wildman–Crippen LogP) is 3.92. The van der Waals surface area contributed by atoms with Crippen LogP contribution in [0.4, 0.5) is 0 Å². The summed E-state index contributed by atoms with van der Waals surface area (Å²) in [6.45, 7) is 8.10. The van der Waals surface area contributed by atoms with Crippen LogP contribution in [0.3, 0.4) is 0 Å². The van der Waals surface area contributed by atoms with Crippen LogP contribution in [-0.2, 0) is 9.53 Å². The Hall–Kier alpha value is -2.92. The Kier molecular flexibility index (Phi) is 8.16. The fourth-order valence-electron chi connectivity index (χ4n) is 2.35. The molecular formula is C21H24N2O5S. The maximum Gasteiger partial charge on any atom is 0.338 e. The number of hydrogen-bond acceptors (Lipinski definition) is 8. The van der Waals surface area contributed by atoms with E-state index in [0.29, 0.717) is 35.6 Å². The smallest absolute Gasteiger partial charge is 0.338 e. The summed E-state index contributed by atoms with van der Waals surface area (Å²) in [4.78, 5) is 28.8. The van der Waals surface area contributed by atoms with Crippen molar-refractivity contribution in [3.05, 3.63) is 39.8 Å². The highest BCUT2D eigenvalue weighted by Crippen LogP contribution is 2.29. The monoisotopic (exact) mass is 416 g/mol. The van der Waals surface area contributed by atoms with E-state index in [-0.39, 0.29) is 5.56 Å². The Morgan fingerprint density at radius 3 is 2.59 bits per heavy atom. The van der Waals surface area contributed by atoms with Gasteiger partial charge in [-0.25, -0.2) is 9.78 Å². The van der Waals surface area contributed by atoms with Crippen molar-refractivity contribution >= 4 is 23.1 Å². The topological polar surface area (TPSA) is 98.5 Å². The third kappa shape index (κ3) is 6.29. The van der Waals surface area contributed by atoms with Gasteiger partial charge < -0.3 is 14.2 Å². The van der Waals surface area contributed by atoms with Crippen molar-refractivity contribution in [1.82, 2.24) is 4.98 Å². The molecule has 0 spiro atoms. The standard InChI is InChI=1S/C21H24N2O5S/c1-5-26-19-8-15(6-7-18(19)27-10-13(2)3)21(25)28-11-17(24)16(9-22)20-23-14(4)12-29-20/h6-8,12-13,16H,5,10-11H2,1-4H3/t16-/m0/s1. The number of thiazole rings is 1. The lowest BCUT2D eigenvalue weighted by molar-refractivity contribution is -0.122. The van der Waals surface area contributed by atoms with E-state index in [4.69, 9.17) is 14.2 Å². The molecule has 7 nitrogen and oxygen atoms in total. The minimum Gasteiger partial charge on any atom is -0.490 e. The Bertz CT molecular complexity index is 901. The summed E-state index contributed by atoms with van der Waals surface area (Å²) in [5.74, 6) is -0.931. The van der Waals surface area contributed by atoms with Crippen molar-refractivity contribution in [2.45, 2.75) is 33.6 Å². The van der Waals surface area contributed by atoms with Crippen molar-refractivity contribution < 1.29 is 23.8 Å². The summed E-state index contributed by atoms with van der Waals surface area (Å²) in [5, 5.41) is 11.4. The molecule has 0 aliphatic heterocycles. The lowest BCUT2D eigenvalue weighted by Crippen LogP contribution is -2.20. The van der Waals surface area contributed by atoms with Gasteiger partial charge in [0, 0.05) is 11.1 Å². The zero-order valence-electron chi connectivity index (χ0n) is 16.9. The molecule has 0 amide bonds. The summed E-state index contributed by atoms with van der Waals surface area (Å²) < 4.78 is 16.4. The first-order valence-corrected chi connectivity index (χ1v) is 10.1. The van der Waals surface area contributed by atoms with E-state index in [2.05, 4.69) is 4.98 Å². The van der Waals surface area contributed by atoms with Crippen molar-refractivity contribution in [2.24, 2.45) is 5.92 Å². The fourth-order valence-corrected chi connectivity index (χ4v) is 3.21. The Morgan fingerprint density at radius 1 is 1.24 bits per heavy atom. The van der Waals surface area contributed by atoms with Gasteiger partial charge in [0.25, 0.3) is 0 Å². The largest absolute Gasteiger partial charge is 0.490 e. The molecule has 0 fully saturated rings. The molecule has 154 valence electrons. The van der Waals surface area contributed by atoms with Gasteiger partial charge in [-0.1, -0.05) is 13.8 Å². The molecule has 0 aliphatic rings. The van der Waals surface area contributed by atoms with Gasteiger partial charge in [0.05, 0.1) is 24.8 Å². The van der Waals surface area contributed by atoms with Crippen LogP contribution >= 0.6 is 11.3 Å². The number of aryl methyl sites for hydroxylation is 1. The minimum absolute atomic E-state index is 0.233. The van der Waals surface area contributed by atoms with E-state index < -0.39 is 24.3 Å². The molecule has 2 rings (SSSR count). The molecule has 2 aromatic rings. The first-order chi connectivity index (χ1) is 13.8. The molecule has 0 saturated carbocycles. The second-order valence-electron chi connectivity index (χ2n) is 6.73. The number of carbonyl (C=O) groups excluding carboxylic acids is 2. The maximum absolute atomic E-state index is 12.4. The van der Waals surface area contributed by atoms with Crippen LogP contribution in [0.25, 0.3) is 0 Å². The molecule has 0 saturated heterocycles. The average molecular weight is 416 g/mol. The van der Waals surface area contributed by atoms with Crippen molar-refractivity contribution in [2.75, 3.05) is 19.8 Å².